The largest absolute Gasteiger partial charge is 0.419 e. The van der Waals surface area contributed by atoms with E-state index in [1.807, 2.05) is 0 Å². The third-order valence-corrected chi connectivity index (χ3v) is 3.68. The Hall–Kier alpha value is -1.10. The highest BCUT2D eigenvalue weighted by molar-refractivity contribution is 5.33. The van der Waals surface area contributed by atoms with Crippen LogP contribution in [0.2, 0.25) is 0 Å². The van der Waals surface area contributed by atoms with Gasteiger partial charge < -0.3 is 5.11 Å². The second-order valence-electron chi connectivity index (χ2n) is 5.15. The Morgan fingerprint density at radius 3 is 2.50 bits per heavy atom. The van der Waals surface area contributed by atoms with Crippen molar-refractivity contribution < 1.29 is 22.7 Å². The molecule has 0 bridgehead atoms. The van der Waals surface area contributed by atoms with Gasteiger partial charge in [0.05, 0.1) is 11.7 Å². The van der Waals surface area contributed by atoms with Gasteiger partial charge in [-0.05, 0) is 42.4 Å². The van der Waals surface area contributed by atoms with Crippen LogP contribution in [0.15, 0.2) is 18.2 Å². The fourth-order valence-electron chi connectivity index (χ4n) is 2.59. The van der Waals surface area contributed by atoms with Crippen molar-refractivity contribution in [3.8, 4) is 0 Å². The molecule has 1 nitrogen and oxygen atoms in total. The number of hydrogen-bond acceptors (Lipinski definition) is 1. The van der Waals surface area contributed by atoms with E-state index >= 15 is 0 Å². The summed E-state index contributed by atoms with van der Waals surface area (Å²) in [4.78, 5) is 0. The van der Waals surface area contributed by atoms with Gasteiger partial charge in [-0.2, -0.15) is 13.2 Å². The normalized spacial score (nSPS) is 28.7. The van der Waals surface area contributed by atoms with Gasteiger partial charge in [-0.15, -0.1) is 0 Å². The molecule has 0 heterocycles. The lowest BCUT2D eigenvalue weighted by molar-refractivity contribution is -0.140. The zero-order valence-corrected chi connectivity index (χ0v) is 9.89. The van der Waals surface area contributed by atoms with Gasteiger partial charge in [0, 0.05) is 0 Å². The minimum atomic E-state index is -4.69. The van der Waals surface area contributed by atoms with Crippen LogP contribution in [0.25, 0.3) is 0 Å². The molecule has 1 aromatic carbocycles. The molecule has 18 heavy (non-hydrogen) atoms. The molecule has 0 radical (unpaired) electrons. The van der Waals surface area contributed by atoms with E-state index in [9.17, 15) is 22.7 Å². The van der Waals surface area contributed by atoms with E-state index in [0.29, 0.717) is 24.8 Å². The zero-order chi connectivity index (χ0) is 13.6. The van der Waals surface area contributed by atoms with Gasteiger partial charge >= 0.3 is 6.18 Å². The number of aliphatic hydroxyl groups excluding tert-OH is 1. The molecule has 2 unspecified atom stereocenters. The lowest BCUT2D eigenvalue weighted by atomic mass is 9.80. The maximum Gasteiger partial charge on any atom is 0.419 e. The molecule has 100 valence electrons. The van der Waals surface area contributed by atoms with E-state index in [0.717, 1.165) is 12.1 Å². The van der Waals surface area contributed by atoms with E-state index < -0.39 is 29.1 Å². The summed E-state index contributed by atoms with van der Waals surface area (Å²) in [5.41, 5.74) is -1.30. The van der Waals surface area contributed by atoms with Crippen LogP contribution >= 0.6 is 0 Å². The second-order valence-corrected chi connectivity index (χ2v) is 5.15. The first kappa shape index (κ1) is 13.3. The number of aliphatic hydroxyl groups is 1. The Labute approximate surface area is 102 Å². The Kier molecular flexibility index (Phi) is 3.13. The SMILES string of the molecule is CC1(c2ccc(F)c(C(F)(F)F)c2)CCC(O)C1. The van der Waals surface area contributed by atoms with Crippen molar-refractivity contribution in [2.24, 2.45) is 0 Å². The molecule has 0 aromatic heterocycles. The van der Waals surface area contributed by atoms with Crippen LogP contribution in [0.4, 0.5) is 17.6 Å². The topological polar surface area (TPSA) is 20.2 Å². The summed E-state index contributed by atoms with van der Waals surface area (Å²) in [6.07, 6.45) is -3.59. The molecule has 1 aliphatic rings. The second kappa shape index (κ2) is 4.23. The summed E-state index contributed by atoms with van der Waals surface area (Å²) < 4.78 is 51.1. The number of rotatable bonds is 1. The lowest BCUT2D eigenvalue weighted by Gasteiger charge is -2.25. The molecule has 2 rings (SSSR count). The van der Waals surface area contributed by atoms with Gasteiger partial charge in [0.2, 0.25) is 0 Å². The van der Waals surface area contributed by atoms with Gasteiger partial charge in [-0.25, -0.2) is 4.39 Å². The third kappa shape index (κ3) is 2.36. The van der Waals surface area contributed by atoms with Crippen LogP contribution in [0.3, 0.4) is 0 Å². The van der Waals surface area contributed by atoms with Crippen LogP contribution in [0.5, 0.6) is 0 Å². The maximum atomic E-state index is 13.2. The Morgan fingerprint density at radius 1 is 1.33 bits per heavy atom. The minimum Gasteiger partial charge on any atom is -0.393 e. The van der Waals surface area contributed by atoms with Crippen LogP contribution in [-0.4, -0.2) is 11.2 Å². The van der Waals surface area contributed by atoms with E-state index in [2.05, 4.69) is 0 Å². The highest BCUT2D eigenvalue weighted by atomic mass is 19.4. The third-order valence-electron chi connectivity index (χ3n) is 3.68. The first-order chi connectivity index (χ1) is 8.22. The molecule has 1 fully saturated rings. The van der Waals surface area contributed by atoms with E-state index in [1.165, 1.54) is 6.07 Å². The van der Waals surface area contributed by atoms with Crippen molar-refractivity contribution in [2.75, 3.05) is 0 Å². The van der Waals surface area contributed by atoms with Crippen molar-refractivity contribution in [3.05, 3.63) is 35.1 Å². The van der Waals surface area contributed by atoms with Gasteiger partial charge in [0.1, 0.15) is 5.82 Å². The summed E-state index contributed by atoms with van der Waals surface area (Å²) in [6.45, 7) is 1.80. The molecule has 1 saturated carbocycles. The van der Waals surface area contributed by atoms with Crippen molar-refractivity contribution in [2.45, 2.75) is 43.9 Å². The van der Waals surface area contributed by atoms with E-state index in [1.54, 1.807) is 6.92 Å². The predicted octanol–water partition coefficient (Wildman–Crippen LogP) is 3.65. The molecule has 1 aliphatic carbocycles. The summed E-state index contributed by atoms with van der Waals surface area (Å²) in [7, 11) is 0. The molecule has 1 N–H and O–H groups in total. The first-order valence-corrected chi connectivity index (χ1v) is 5.78. The summed E-state index contributed by atoms with van der Waals surface area (Å²) >= 11 is 0. The fourth-order valence-corrected chi connectivity index (χ4v) is 2.59. The molecular formula is C13H14F4O. The van der Waals surface area contributed by atoms with Crippen LogP contribution in [0.1, 0.15) is 37.3 Å². The van der Waals surface area contributed by atoms with Gasteiger partial charge in [-0.3, -0.25) is 0 Å². The fraction of sp³-hybridized carbons (Fsp3) is 0.538. The lowest BCUT2D eigenvalue weighted by Crippen LogP contribution is -2.20. The Balaban J connectivity index is 2.42. The zero-order valence-electron chi connectivity index (χ0n) is 9.89. The molecule has 5 heteroatoms. The number of benzene rings is 1. The van der Waals surface area contributed by atoms with Crippen LogP contribution in [-0.2, 0) is 11.6 Å². The smallest absolute Gasteiger partial charge is 0.393 e. The highest BCUT2D eigenvalue weighted by Gasteiger charge is 2.39. The molecule has 0 saturated heterocycles. The average Bonchev–Trinajstić information content (AvgIpc) is 2.58. The van der Waals surface area contributed by atoms with Gasteiger partial charge in [0.15, 0.2) is 0 Å². The Bertz CT molecular complexity index is 455. The number of hydrogen-bond donors (Lipinski definition) is 1. The molecule has 1 aromatic rings. The molecule has 0 amide bonds. The quantitative estimate of drug-likeness (QED) is 0.766. The average molecular weight is 262 g/mol. The minimum absolute atomic E-state index is 0.413. The van der Waals surface area contributed by atoms with Crippen molar-refractivity contribution >= 4 is 0 Å². The van der Waals surface area contributed by atoms with E-state index in [4.69, 9.17) is 0 Å². The number of halogens is 4. The van der Waals surface area contributed by atoms with Crippen LogP contribution < -0.4 is 0 Å². The van der Waals surface area contributed by atoms with Crippen molar-refractivity contribution in [3.63, 3.8) is 0 Å². The summed E-state index contributed by atoms with van der Waals surface area (Å²) in [5.74, 6) is -1.26. The van der Waals surface area contributed by atoms with Gasteiger partial charge in [-0.1, -0.05) is 13.0 Å². The predicted molar refractivity (Wildman–Crippen MR) is 58.6 cm³/mol. The van der Waals surface area contributed by atoms with Gasteiger partial charge in [0.25, 0.3) is 0 Å². The highest BCUT2D eigenvalue weighted by Crippen LogP contribution is 2.42. The number of alkyl halides is 3. The molecule has 0 aliphatic heterocycles. The monoisotopic (exact) mass is 262 g/mol. The maximum absolute atomic E-state index is 13.2. The summed E-state index contributed by atoms with van der Waals surface area (Å²) in [5, 5.41) is 9.51. The summed E-state index contributed by atoms with van der Waals surface area (Å²) in [6, 6.07) is 3.10. The first-order valence-electron chi connectivity index (χ1n) is 5.78. The van der Waals surface area contributed by atoms with Crippen LogP contribution in [0, 0.1) is 5.82 Å². The van der Waals surface area contributed by atoms with E-state index in [-0.39, 0.29) is 0 Å². The van der Waals surface area contributed by atoms with Crippen molar-refractivity contribution in [1.82, 2.24) is 0 Å². The Morgan fingerprint density at radius 2 is 2.00 bits per heavy atom. The molecule has 2 atom stereocenters. The molecular weight excluding hydrogens is 248 g/mol. The standard InChI is InChI=1S/C13H14F4O/c1-12(5-4-9(18)7-12)8-2-3-11(14)10(6-8)13(15,16)17/h2-3,6,9,18H,4-5,7H2,1H3. The molecule has 0 spiro atoms. The van der Waals surface area contributed by atoms with Crippen molar-refractivity contribution in [1.29, 1.82) is 0 Å².